The first-order chi connectivity index (χ1) is 9.44. The van der Waals surface area contributed by atoms with Gasteiger partial charge in [-0.1, -0.05) is 32.1 Å². The lowest BCUT2D eigenvalue weighted by Gasteiger charge is -2.22. The van der Waals surface area contributed by atoms with Crippen LogP contribution in [0.3, 0.4) is 0 Å². The molecule has 0 fully saturated rings. The second-order valence-corrected chi connectivity index (χ2v) is 5.88. The maximum absolute atomic E-state index is 11.4. The van der Waals surface area contributed by atoms with Crippen molar-refractivity contribution >= 4 is 17.6 Å². The Bertz CT molecular complexity index is 256. The Morgan fingerprint density at radius 1 is 1.15 bits per heavy atom. The topological polar surface area (TPSA) is 55.8 Å². The van der Waals surface area contributed by atoms with Gasteiger partial charge >= 0.3 is 5.97 Å². The molecule has 0 rings (SSSR count). The first-order valence-electron chi connectivity index (χ1n) is 7.40. The van der Waals surface area contributed by atoms with Crippen LogP contribution in [-0.4, -0.2) is 42.4 Å². The zero-order valence-electron chi connectivity index (χ0n) is 13.0. The van der Waals surface area contributed by atoms with Crippen molar-refractivity contribution in [1.29, 1.82) is 0 Å². The largest absolute Gasteiger partial charge is 0.467 e. The fourth-order valence-corrected chi connectivity index (χ4v) is 2.05. The molecule has 0 aliphatic rings. The van der Waals surface area contributed by atoms with Gasteiger partial charge in [0.15, 0.2) is 5.60 Å². The molecule has 0 spiro atoms. The normalized spacial score (nSPS) is 13.2. The molecule has 0 aliphatic carbocycles. The van der Waals surface area contributed by atoms with Crippen LogP contribution in [0.2, 0.25) is 0 Å². The van der Waals surface area contributed by atoms with E-state index in [0.29, 0.717) is 12.5 Å². The van der Waals surface area contributed by atoms with Gasteiger partial charge in [0.25, 0.3) is 0 Å². The van der Waals surface area contributed by atoms with Crippen LogP contribution in [0, 0.1) is 0 Å². The number of alkyl halides is 1. The summed E-state index contributed by atoms with van der Waals surface area (Å²) >= 11 is 5.52. The van der Waals surface area contributed by atoms with Gasteiger partial charge in [0.1, 0.15) is 0 Å². The summed E-state index contributed by atoms with van der Waals surface area (Å²) in [7, 11) is 1.37. The van der Waals surface area contributed by atoms with E-state index in [1.54, 1.807) is 13.8 Å². The Labute approximate surface area is 127 Å². The van der Waals surface area contributed by atoms with Crippen molar-refractivity contribution in [3.63, 3.8) is 0 Å². The van der Waals surface area contributed by atoms with E-state index in [2.05, 4.69) is 4.74 Å². The monoisotopic (exact) mass is 308 g/mol. The van der Waals surface area contributed by atoms with Gasteiger partial charge in [0.05, 0.1) is 13.2 Å². The maximum atomic E-state index is 11.4. The van der Waals surface area contributed by atoms with Crippen LogP contribution in [0.4, 0.5) is 0 Å². The number of hydrogen-bond acceptors (Lipinski definition) is 4. The first-order valence-corrected chi connectivity index (χ1v) is 7.94. The molecule has 0 saturated carbocycles. The van der Waals surface area contributed by atoms with Crippen LogP contribution >= 0.6 is 11.6 Å². The zero-order chi connectivity index (χ0) is 15.4. The highest BCUT2D eigenvalue weighted by molar-refractivity contribution is 6.18. The number of aliphatic hydroxyl groups excluding tert-OH is 1. The molecule has 0 saturated heterocycles. The van der Waals surface area contributed by atoms with E-state index in [1.165, 1.54) is 7.11 Å². The molecule has 0 amide bonds. The number of rotatable bonds is 12. The summed E-state index contributed by atoms with van der Waals surface area (Å²) in [5.41, 5.74) is -0.855. The SMILES string of the molecule is COC(=O)C(C)(C)OCCCCCCCCC(O)CCl. The van der Waals surface area contributed by atoms with E-state index in [-0.39, 0.29) is 12.1 Å². The van der Waals surface area contributed by atoms with Crippen molar-refractivity contribution in [2.75, 3.05) is 19.6 Å². The van der Waals surface area contributed by atoms with E-state index in [0.717, 1.165) is 44.9 Å². The summed E-state index contributed by atoms with van der Waals surface area (Å²) in [5.74, 6) is -0.0109. The van der Waals surface area contributed by atoms with Gasteiger partial charge in [0, 0.05) is 12.5 Å². The smallest absolute Gasteiger partial charge is 0.337 e. The number of methoxy groups -OCH3 is 1. The lowest BCUT2D eigenvalue weighted by Crippen LogP contribution is -2.36. The highest BCUT2D eigenvalue weighted by atomic mass is 35.5. The number of esters is 1. The summed E-state index contributed by atoms with van der Waals surface area (Å²) < 4.78 is 10.2. The van der Waals surface area contributed by atoms with E-state index in [4.69, 9.17) is 16.3 Å². The molecule has 1 N–H and O–H groups in total. The number of hydrogen-bond donors (Lipinski definition) is 1. The third kappa shape index (κ3) is 9.56. The van der Waals surface area contributed by atoms with Crippen molar-refractivity contribution < 1.29 is 19.4 Å². The van der Waals surface area contributed by atoms with Crippen molar-refractivity contribution in [2.24, 2.45) is 0 Å². The van der Waals surface area contributed by atoms with Gasteiger partial charge in [-0.2, -0.15) is 0 Å². The molecule has 0 bridgehead atoms. The molecule has 1 unspecified atom stereocenters. The lowest BCUT2D eigenvalue weighted by molar-refractivity contribution is -0.165. The lowest BCUT2D eigenvalue weighted by atomic mass is 10.1. The van der Waals surface area contributed by atoms with Gasteiger partial charge in [-0.15, -0.1) is 11.6 Å². The van der Waals surface area contributed by atoms with Crippen LogP contribution in [0.25, 0.3) is 0 Å². The van der Waals surface area contributed by atoms with Crippen molar-refractivity contribution in [2.45, 2.75) is 70.5 Å². The van der Waals surface area contributed by atoms with E-state index in [1.807, 2.05) is 0 Å². The van der Waals surface area contributed by atoms with E-state index in [9.17, 15) is 9.90 Å². The quantitative estimate of drug-likeness (QED) is 0.341. The molecule has 4 nitrogen and oxygen atoms in total. The summed E-state index contributed by atoms with van der Waals surface area (Å²) in [6, 6.07) is 0. The van der Waals surface area contributed by atoms with Gasteiger partial charge < -0.3 is 14.6 Å². The molecule has 20 heavy (non-hydrogen) atoms. The summed E-state index contributed by atoms with van der Waals surface area (Å²) in [6.45, 7) is 4.02. The Hall–Kier alpha value is -0.320. The van der Waals surface area contributed by atoms with Crippen LogP contribution in [0.5, 0.6) is 0 Å². The van der Waals surface area contributed by atoms with Gasteiger partial charge in [-0.3, -0.25) is 0 Å². The number of carbonyl (C=O) groups is 1. The number of carbonyl (C=O) groups excluding carboxylic acids is 1. The fourth-order valence-electron chi connectivity index (χ4n) is 1.90. The van der Waals surface area contributed by atoms with Gasteiger partial charge in [0.2, 0.25) is 0 Å². The Kier molecular flexibility index (Phi) is 11.2. The molecule has 0 aromatic carbocycles. The maximum Gasteiger partial charge on any atom is 0.337 e. The second kappa shape index (κ2) is 11.4. The average molecular weight is 309 g/mol. The minimum atomic E-state index is -0.855. The predicted octanol–water partition coefficient (Wildman–Crippen LogP) is 3.29. The van der Waals surface area contributed by atoms with Crippen molar-refractivity contribution in [3.05, 3.63) is 0 Å². The molecule has 0 heterocycles. The number of aliphatic hydroxyl groups is 1. The van der Waals surface area contributed by atoms with Crippen LogP contribution in [0.15, 0.2) is 0 Å². The molecular weight excluding hydrogens is 280 g/mol. The summed E-state index contributed by atoms with van der Waals surface area (Å²) in [6.07, 6.45) is 6.95. The number of unbranched alkanes of at least 4 members (excludes halogenated alkanes) is 5. The van der Waals surface area contributed by atoms with Crippen LogP contribution < -0.4 is 0 Å². The predicted molar refractivity (Wildman–Crippen MR) is 81.1 cm³/mol. The molecule has 0 aromatic rings. The van der Waals surface area contributed by atoms with Crippen LogP contribution in [-0.2, 0) is 14.3 Å². The van der Waals surface area contributed by atoms with Gasteiger partial charge in [-0.25, -0.2) is 4.79 Å². The summed E-state index contributed by atoms with van der Waals surface area (Å²) in [4.78, 5) is 11.4. The minimum absolute atomic E-state index is 0.327. The Morgan fingerprint density at radius 2 is 1.70 bits per heavy atom. The minimum Gasteiger partial charge on any atom is -0.467 e. The Balaban J connectivity index is 3.39. The molecule has 0 aromatic heterocycles. The number of ether oxygens (including phenoxy) is 2. The van der Waals surface area contributed by atoms with Crippen molar-refractivity contribution in [3.8, 4) is 0 Å². The van der Waals surface area contributed by atoms with Crippen LogP contribution in [0.1, 0.15) is 58.8 Å². The first kappa shape index (κ1) is 19.7. The molecular formula is C15H29ClO4. The van der Waals surface area contributed by atoms with Gasteiger partial charge in [-0.05, 0) is 26.7 Å². The molecule has 1 atom stereocenters. The standard InChI is InChI=1S/C15H29ClO4/c1-15(2,14(18)19-3)20-11-9-7-5-4-6-8-10-13(17)12-16/h13,17H,4-12H2,1-3H3. The highest BCUT2D eigenvalue weighted by Gasteiger charge is 2.29. The zero-order valence-corrected chi connectivity index (χ0v) is 13.7. The molecule has 0 aliphatic heterocycles. The van der Waals surface area contributed by atoms with E-state index >= 15 is 0 Å². The molecule has 0 radical (unpaired) electrons. The van der Waals surface area contributed by atoms with Crippen molar-refractivity contribution in [1.82, 2.24) is 0 Å². The molecule has 5 heteroatoms. The summed E-state index contributed by atoms with van der Waals surface area (Å²) in [5, 5.41) is 9.29. The third-order valence-electron chi connectivity index (χ3n) is 3.25. The average Bonchev–Trinajstić information content (AvgIpc) is 2.43. The third-order valence-corrected chi connectivity index (χ3v) is 3.61. The second-order valence-electron chi connectivity index (χ2n) is 5.57. The number of halogens is 1. The molecule has 120 valence electrons. The Morgan fingerprint density at radius 3 is 2.25 bits per heavy atom. The highest BCUT2D eigenvalue weighted by Crippen LogP contribution is 2.13. The fraction of sp³-hybridized carbons (Fsp3) is 0.933. The van der Waals surface area contributed by atoms with E-state index < -0.39 is 5.60 Å².